The van der Waals surface area contributed by atoms with Crippen molar-refractivity contribution in [3.8, 4) is 0 Å². The zero-order chi connectivity index (χ0) is 14.4. The molecule has 4 heteroatoms. The van der Waals surface area contributed by atoms with Crippen molar-refractivity contribution in [1.82, 2.24) is 5.32 Å². The number of benzene rings is 1. The Morgan fingerprint density at radius 3 is 2.37 bits per heavy atom. The average Bonchev–Trinajstić information content (AvgIpc) is 2.34. The molecule has 0 spiro atoms. The number of hydrogen-bond acceptors (Lipinski definition) is 2. The molecular formula is C15H21BrN2O. The fourth-order valence-corrected chi connectivity index (χ4v) is 3.80. The Hall–Kier alpha value is -0.870. The summed E-state index contributed by atoms with van der Waals surface area (Å²) in [5.74, 6) is -0.0423. The molecule has 0 radical (unpaired) electrons. The van der Waals surface area contributed by atoms with Crippen LogP contribution < -0.4 is 11.1 Å². The van der Waals surface area contributed by atoms with Gasteiger partial charge in [-0.1, -0.05) is 49.7 Å². The average molecular weight is 325 g/mol. The van der Waals surface area contributed by atoms with Crippen molar-refractivity contribution in [3.63, 3.8) is 0 Å². The topological polar surface area (TPSA) is 55.1 Å². The van der Waals surface area contributed by atoms with Crippen LogP contribution in [0.5, 0.6) is 0 Å². The number of carbonyl (C=O) groups excluding carboxylic acids is 1. The van der Waals surface area contributed by atoms with Crippen LogP contribution in [-0.4, -0.2) is 18.0 Å². The molecule has 3 nitrogen and oxygen atoms in total. The van der Waals surface area contributed by atoms with E-state index in [1.54, 1.807) is 0 Å². The molecule has 3 N–H and O–H groups in total. The minimum atomic E-state index is -0.0782. The highest BCUT2D eigenvalue weighted by Gasteiger charge is 2.60. The molecule has 0 bridgehead atoms. The largest absolute Gasteiger partial charge is 0.348 e. The Labute approximate surface area is 123 Å². The second kappa shape index (κ2) is 4.60. The Bertz CT molecular complexity index is 495. The third-order valence-electron chi connectivity index (χ3n) is 4.45. The maximum Gasteiger partial charge on any atom is 0.251 e. The van der Waals surface area contributed by atoms with E-state index in [-0.39, 0.29) is 28.8 Å². The summed E-state index contributed by atoms with van der Waals surface area (Å²) in [4.78, 5) is 12.3. The van der Waals surface area contributed by atoms with Gasteiger partial charge in [0.1, 0.15) is 0 Å². The van der Waals surface area contributed by atoms with E-state index in [2.05, 4.69) is 48.9 Å². The van der Waals surface area contributed by atoms with Crippen LogP contribution in [0.2, 0.25) is 0 Å². The zero-order valence-corrected chi connectivity index (χ0v) is 13.4. The van der Waals surface area contributed by atoms with Gasteiger partial charge < -0.3 is 11.1 Å². The lowest BCUT2D eigenvalue weighted by atomic mass is 9.48. The molecule has 1 fully saturated rings. The van der Waals surface area contributed by atoms with E-state index >= 15 is 0 Å². The van der Waals surface area contributed by atoms with Gasteiger partial charge in [0.2, 0.25) is 0 Å². The highest BCUT2D eigenvalue weighted by Crippen LogP contribution is 2.52. The van der Waals surface area contributed by atoms with Gasteiger partial charge >= 0.3 is 0 Å². The van der Waals surface area contributed by atoms with E-state index in [9.17, 15) is 4.79 Å². The van der Waals surface area contributed by atoms with Gasteiger partial charge in [0.15, 0.2) is 0 Å². The molecule has 0 unspecified atom stereocenters. The van der Waals surface area contributed by atoms with E-state index in [4.69, 9.17) is 5.73 Å². The van der Waals surface area contributed by atoms with Crippen LogP contribution in [0, 0.1) is 10.8 Å². The first-order valence-corrected chi connectivity index (χ1v) is 7.28. The van der Waals surface area contributed by atoms with Gasteiger partial charge in [0, 0.05) is 32.9 Å². The molecule has 0 aromatic heterocycles. The van der Waals surface area contributed by atoms with Gasteiger partial charge in [-0.3, -0.25) is 4.79 Å². The summed E-state index contributed by atoms with van der Waals surface area (Å²) < 4.78 is 0.906. The molecule has 104 valence electrons. The van der Waals surface area contributed by atoms with Crippen molar-refractivity contribution in [2.75, 3.05) is 0 Å². The summed E-state index contributed by atoms with van der Waals surface area (Å²) in [5.41, 5.74) is 6.72. The summed E-state index contributed by atoms with van der Waals surface area (Å²) in [7, 11) is 0. The van der Waals surface area contributed by atoms with Crippen LogP contribution in [0.4, 0.5) is 0 Å². The second-order valence-corrected chi connectivity index (χ2v) is 7.45. The maximum absolute atomic E-state index is 12.3. The number of hydrogen-bond donors (Lipinski definition) is 2. The Kier molecular flexibility index (Phi) is 3.52. The molecule has 1 aromatic carbocycles. The molecular weight excluding hydrogens is 304 g/mol. The standard InChI is InChI=1S/C15H21BrN2O/c1-14(2)12(17)15(3,4)13(14)18-11(19)9-6-5-7-10(16)8-9/h5-8,12-13H,17H2,1-4H3,(H,18,19). The molecule has 0 heterocycles. The van der Waals surface area contributed by atoms with Gasteiger partial charge in [-0.25, -0.2) is 0 Å². The maximum atomic E-state index is 12.3. The molecule has 2 rings (SSSR count). The first-order chi connectivity index (χ1) is 8.67. The number of rotatable bonds is 2. The van der Waals surface area contributed by atoms with E-state index in [0.29, 0.717) is 5.56 Å². The zero-order valence-electron chi connectivity index (χ0n) is 11.8. The first kappa shape index (κ1) is 14.5. The highest BCUT2D eigenvalue weighted by molar-refractivity contribution is 9.10. The predicted octanol–water partition coefficient (Wildman–Crippen LogP) is 2.94. The van der Waals surface area contributed by atoms with Crippen LogP contribution >= 0.6 is 15.9 Å². The summed E-state index contributed by atoms with van der Waals surface area (Å²) in [5, 5.41) is 3.13. The smallest absolute Gasteiger partial charge is 0.251 e. The van der Waals surface area contributed by atoms with Gasteiger partial charge in [-0.05, 0) is 18.2 Å². The monoisotopic (exact) mass is 324 g/mol. The lowest BCUT2D eigenvalue weighted by Crippen LogP contribution is -2.76. The summed E-state index contributed by atoms with van der Waals surface area (Å²) in [6.45, 7) is 8.42. The molecule has 1 saturated carbocycles. The molecule has 1 aliphatic rings. The fraction of sp³-hybridized carbons (Fsp3) is 0.533. The van der Waals surface area contributed by atoms with Crippen molar-refractivity contribution in [2.24, 2.45) is 16.6 Å². The van der Waals surface area contributed by atoms with Gasteiger partial charge in [0.25, 0.3) is 5.91 Å². The third-order valence-corrected chi connectivity index (χ3v) is 4.95. The summed E-state index contributed by atoms with van der Waals surface area (Å²) in [6, 6.07) is 7.59. The van der Waals surface area contributed by atoms with E-state index in [1.807, 2.05) is 24.3 Å². The van der Waals surface area contributed by atoms with Crippen molar-refractivity contribution < 1.29 is 4.79 Å². The minimum absolute atomic E-state index is 0.0423. The van der Waals surface area contributed by atoms with Crippen LogP contribution in [0.15, 0.2) is 28.7 Å². The van der Waals surface area contributed by atoms with Gasteiger partial charge in [-0.2, -0.15) is 0 Å². The number of halogens is 1. The van der Waals surface area contributed by atoms with Crippen molar-refractivity contribution in [2.45, 2.75) is 39.8 Å². The number of amides is 1. The van der Waals surface area contributed by atoms with Crippen molar-refractivity contribution in [1.29, 1.82) is 0 Å². The van der Waals surface area contributed by atoms with E-state index in [1.165, 1.54) is 0 Å². The number of nitrogens with one attached hydrogen (secondary N) is 1. The van der Waals surface area contributed by atoms with Crippen LogP contribution in [-0.2, 0) is 0 Å². The van der Waals surface area contributed by atoms with E-state index in [0.717, 1.165) is 4.47 Å². The quantitative estimate of drug-likeness (QED) is 0.878. The molecule has 0 atom stereocenters. The highest BCUT2D eigenvalue weighted by atomic mass is 79.9. The van der Waals surface area contributed by atoms with Crippen LogP contribution in [0.25, 0.3) is 0 Å². The predicted molar refractivity (Wildman–Crippen MR) is 80.9 cm³/mol. The lowest BCUT2D eigenvalue weighted by molar-refractivity contribution is -0.0663. The fourth-order valence-electron chi connectivity index (χ4n) is 3.40. The van der Waals surface area contributed by atoms with Crippen LogP contribution in [0.1, 0.15) is 38.1 Å². The molecule has 1 aliphatic carbocycles. The molecule has 1 amide bonds. The molecule has 0 aliphatic heterocycles. The third kappa shape index (κ3) is 2.32. The Morgan fingerprint density at radius 2 is 1.84 bits per heavy atom. The minimum Gasteiger partial charge on any atom is -0.348 e. The van der Waals surface area contributed by atoms with Crippen molar-refractivity contribution >= 4 is 21.8 Å². The van der Waals surface area contributed by atoms with Gasteiger partial charge in [0.05, 0.1) is 0 Å². The number of nitrogens with two attached hydrogens (primary N) is 1. The van der Waals surface area contributed by atoms with Crippen LogP contribution in [0.3, 0.4) is 0 Å². The number of carbonyl (C=O) groups is 1. The SMILES string of the molecule is CC1(C)C(N)C(C)(C)C1NC(=O)c1cccc(Br)c1. The normalized spacial score (nSPS) is 27.5. The Morgan fingerprint density at radius 1 is 1.26 bits per heavy atom. The lowest BCUT2D eigenvalue weighted by Gasteiger charge is -2.62. The first-order valence-electron chi connectivity index (χ1n) is 6.49. The summed E-state index contributed by atoms with van der Waals surface area (Å²) in [6.07, 6.45) is 0. The van der Waals surface area contributed by atoms with E-state index < -0.39 is 0 Å². The summed E-state index contributed by atoms with van der Waals surface area (Å²) >= 11 is 3.38. The molecule has 0 saturated heterocycles. The Balaban J connectivity index is 2.16. The second-order valence-electron chi connectivity index (χ2n) is 6.54. The molecule has 19 heavy (non-hydrogen) atoms. The van der Waals surface area contributed by atoms with Gasteiger partial charge in [-0.15, -0.1) is 0 Å². The van der Waals surface area contributed by atoms with Crippen molar-refractivity contribution in [3.05, 3.63) is 34.3 Å². The molecule has 1 aromatic rings.